The molecule has 0 bridgehead atoms. The highest BCUT2D eigenvalue weighted by Crippen LogP contribution is 2.21. The van der Waals surface area contributed by atoms with E-state index in [9.17, 15) is 4.39 Å². The van der Waals surface area contributed by atoms with Crippen molar-refractivity contribution in [2.45, 2.75) is 12.5 Å². The molecule has 0 spiro atoms. The van der Waals surface area contributed by atoms with Crippen LogP contribution in [0.1, 0.15) is 17.3 Å². The summed E-state index contributed by atoms with van der Waals surface area (Å²) in [6.07, 6.45) is 2.38. The van der Waals surface area contributed by atoms with Crippen molar-refractivity contribution in [1.29, 1.82) is 0 Å². The van der Waals surface area contributed by atoms with Gasteiger partial charge < -0.3 is 0 Å². The van der Waals surface area contributed by atoms with E-state index < -0.39 is 0 Å². The molecule has 0 radical (unpaired) electrons. The molecule has 4 nitrogen and oxygen atoms in total. The standard InChI is InChI=1S/C12H14BrFN4/c1-18-12(4-5-16-18)11(17-15)7-8-2-3-10(14)9(13)6-8/h2-6,11,17H,7,15H2,1H3. The Bertz CT molecular complexity index is 541. The van der Waals surface area contributed by atoms with E-state index >= 15 is 0 Å². The first-order valence-corrected chi connectivity index (χ1v) is 6.29. The molecule has 1 unspecified atom stereocenters. The zero-order valence-corrected chi connectivity index (χ0v) is 11.5. The van der Waals surface area contributed by atoms with Gasteiger partial charge in [-0.25, -0.2) is 4.39 Å². The summed E-state index contributed by atoms with van der Waals surface area (Å²) in [6, 6.07) is 6.80. The Kier molecular flexibility index (Phi) is 4.11. The maximum Gasteiger partial charge on any atom is 0.137 e. The summed E-state index contributed by atoms with van der Waals surface area (Å²) in [5, 5.41) is 4.11. The fraction of sp³-hybridized carbons (Fsp3) is 0.250. The lowest BCUT2D eigenvalue weighted by Crippen LogP contribution is -2.31. The summed E-state index contributed by atoms with van der Waals surface area (Å²) >= 11 is 3.18. The molecule has 96 valence electrons. The van der Waals surface area contributed by atoms with Crippen molar-refractivity contribution in [1.82, 2.24) is 15.2 Å². The van der Waals surface area contributed by atoms with Crippen LogP contribution in [-0.2, 0) is 13.5 Å². The quantitative estimate of drug-likeness (QED) is 0.671. The lowest BCUT2D eigenvalue weighted by atomic mass is 10.0. The second-order valence-electron chi connectivity index (χ2n) is 4.05. The second-order valence-corrected chi connectivity index (χ2v) is 4.91. The molecule has 0 saturated heterocycles. The molecule has 1 aromatic heterocycles. The zero-order chi connectivity index (χ0) is 13.1. The van der Waals surface area contributed by atoms with Crippen molar-refractivity contribution in [2.24, 2.45) is 12.9 Å². The third kappa shape index (κ3) is 2.77. The maximum absolute atomic E-state index is 13.2. The Morgan fingerprint density at radius 3 is 2.83 bits per heavy atom. The molecule has 18 heavy (non-hydrogen) atoms. The van der Waals surface area contributed by atoms with Gasteiger partial charge in [0, 0.05) is 13.2 Å². The van der Waals surface area contributed by atoms with E-state index in [0.29, 0.717) is 10.9 Å². The van der Waals surface area contributed by atoms with Crippen molar-refractivity contribution >= 4 is 15.9 Å². The second kappa shape index (κ2) is 5.60. The summed E-state index contributed by atoms with van der Waals surface area (Å²) in [7, 11) is 1.86. The van der Waals surface area contributed by atoms with E-state index in [4.69, 9.17) is 5.84 Å². The fourth-order valence-corrected chi connectivity index (χ4v) is 2.30. The molecule has 0 fully saturated rings. The van der Waals surface area contributed by atoms with Gasteiger partial charge in [0.2, 0.25) is 0 Å². The normalized spacial score (nSPS) is 12.7. The van der Waals surface area contributed by atoms with Crippen LogP contribution in [0.3, 0.4) is 0 Å². The number of hydrogen-bond donors (Lipinski definition) is 2. The van der Waals surface area contributed by atoms with Crippen LogP contribution >= 0.6 is 15.9 Å². The van der Waals surface area contributed by atoms with Crippen LogP contribution in [0.5, 0.6) is 0 Å². The summed E-state index contributed by atoms with van der Waals surface area (Å²) in [6.45, 7) is 0. The van der Waals surface area contributed by atoms with Crippen LogP contribution in [0.4, 0.5) is 4.39 Å². The SMILES string of the molecule is Cn1nccc1C(Cc1ccc(F)c(Br)c1)NN. The van der Waals surface area contributed by atoms with Gasteiger partial charge in [-0.1, -0.05) is 6.07 Å². The third-order valence-corrected chi connectivity index (χ3v) is 3.45. The number of rotatable bonds is 4. The number of nitrogens with one attached hydrogen (secondary N) is 1. The lowest BCUT2D eigenvalue weighted by molar-refractivity contribution is 0.508. The number of aryl methyl sites for hydroxylation is 1. The molecule has 0 aliphatic carbocycles. The molecular weight excluding hydrogens is 299 g/mol. The average Bonchev–Trinajstić information content (AvgIpc) is 2.77. The molecule has 3 N–H and O–H groups in total. The summed E-state index contributed by atoms with van der Waals surface area (Å²) < 4.78 is 15.4. The predicted molar refractivity (Wildman–Crippen MR) is 71.1 cm³/mol. The summed E-state index contributed by atoms with van der Waals surface area (Å²) in [5.74, 6) is 5.30. The molecule has 6 heteroatoms. The van der Waals surface area contributed by atoms with E-state index in [1.165, 1.54) is 6.07 Å². The number of hydrogen-bond acceptors (Lipinski definition) is 3. The van der Waals surface area contributed by atoms with Crippen molar-refractivity contribution in [3.05, 3.63) is 52.0 Å². The summed E-state index contributed by atoms with van der Waals surface area (Å²) in [5.41, 5.74) is 4.74. The number of aromatic nitrogens is 2. The van der Waals surface area contributed by atoms with E-state index in [2.05, 4.69) is 26.5 Å². The van der Waals surface area contributed by atoms with Crippen molar-refractivity contribution < 1.29 is 4.39 Å². The van der Waals surface area contributed by atoms with E-state index in [1.807, 2.05) is 13.1 Å². The van der Waals surface area contributed by atoms with Gasteiger partial charge >= 0.3 is 0 Å². The topological polar surface area (TPSA) is 55.9 Å². The van der Waals surface area contributed by atoms with Crippen molar-refractivity contribution in [2.75, 3.05) is 0 Å². The Morgan fingerprint density at radius 1 is 1.50 bits per heavy atom. The van der Waals surface area contributed by atoms with Gasteiger partial charge in [-0.15, -0.1) is 0 Å². The van der Waals surface area contributed by atoms with Crippen LogP contribution < -0.4 is 11.3 Å². The van der Waals surface area contributed by atoms with Gasteiger partial charge in [-0.05, 0) is 46.1 Å². The molecule has 1 atom stereocenters. The minimum atomic E-state index is -0.267. The number of halogens is 2. The molecular formula is C12H14BrFN4. The minimum Gasteiger partial charge on any atom is -0.271 e. The first kappa shape index (κ1) is 13.2. The zero-order valence-electron chi connectivity index (χ0n) is 9.90. The van der Waals surface area contributed by atoms with E-state index in [1.54, 1.807) is 23.0 Å². The van der Waals surface area contributed by atoms with Crippen LogP contribution in [0.25, 0.3) is 0 Å². The Labute approximate surface area is 113 Å². The lowest BCUT2D eigenvalue weighted by Gasteiger charge is -2.16. The van der Waals surface area contributed by atoms with Gasteiger partial charge in [-0.2, -0.15) is 5.10 Å². The van der Waals surface area contributed by atoms with Gasteiger partial charge in [0.15, 0.2) is 0 Å². The number of hydrazine groups is 1. The molecule has 0 aliphatic rings. The molecule has 2 aromatic rings. The van der Waals surface area contributed by atoms with Gasteiger partial charge in [0.25, 0.3) is 0 Å². The van der Waals surface area contributed by atoms with Crippen LogP contribution in [0, 0.1) is 5.82 Å². The van der Waals surface area contributed by atoms with Crippen molar-refractivity contribution in [3.63, 3.8) is 0 Å². The first-order chi connectivity index (χ1) is 8.61. The van der Waals surface area contributed by atoms with E-state index in [0.717, 1.165) is 11.3 Å². The highest BCUT2D eigenvalue weighted by Gasteiger charge is 2.14. The molecule has 1 aromatic carbocycles. The molecule has 0 amide bonds. The largest absolute Gasteiger partial charge is 0.271 e. The van der Waals surface area contributed by atoms with Crippen molar-refractivity contribution in [3.8, 4) is 0 Å². The maximum atomic E-state index is 13.2. The van der Waals surface area contributed by atoms with Gasteiger partial charge in [0.05, 0.1) is 16.2 Å². The third-order valence-electron chi connectivity index (χ3n) is 2.84. The van der Waals surface area contributed by atoms with Crippen LogP contribution in [0.2, 0.25) is 0 Å². The van der Waals surface area contributed by atoms with E-state index in [-0.39, 0.29) is 11.9 Å². The molecule has 1 heterocycles. The monoisotopic (exact) mass is 312 g/mol. The number of nitrogens with two attached hydrogens (primary N) is 1. The summed E-state index contributed by atoms with van der Waals surface area (Å²) in [4.78, 5) is 0. The van der Waals surface area contributed by atoms with Crippen LogP contribution in [0.15, 0.2) is 34.9 Å². The smallest absolute Gasteiger partial charge is 0.137 e. The molecule has 0 saturated carbocycles. The number of nitrogens with zero attached hydrogens (tertiary/aromatic N) is 2. The Balaban J connectivity index is 2.20. The fourth-order valence-electron chi connectivity index (χ4n) is 1.88. The predicted octanol–water partition coefficient (Wildman–Crippen LogP) is 2.07. The highest BCUT2D eigenvalue weighted by molar-refractivity contribution is 9.10. The van der Waals surface area contributed by atoms with Crippen LogP contribution in [-0.4, -0.2) is 9.78 Å². The molecule has 2 rings (SSSR count). The average molecular weight is 313 g/mol. The van der Waals surface area contributed by atoms with Gasteiger partial charge in [0.1, 0.15) is 5.82 Å². The van der Waals surface area contributed by atoms with Gasteiger partial charge in [-0.3, -0.25) is 16.0 Å². The first-order valence-electron chi connectivity index (χ1n) is 5.49. The molecule has 0 aliphatic heterocycles. The highest BCUT2D eigenvalue weighted by atomic mass is 79.9. The Morgan fingerprint density at radius 2 is 2.28 bits per heavy atom. The number of benzene rings is 1. The minimum absolute atomic E-state index is 0.0603. The Hall–Kier alpha value is -1.24.